The molecule has 1 nitrogen and oxygen atoms in total. The Labute approximate surface area is 101 Å². The third-order valence-electron chi connectivity index (χ3n) is 2.68. The van der Waals surface area contributed by atoms with Crippen LogP contribution in [0.2, 0.25) is 0 Å². The molecule has 0 spiro atoms. The lowest BCUT2D eigenvalue weighted by atomic mass is 10.0. The Morgan fingerprint density at radius 2 is 1.81 bits per heavy atom. The molecule has 0 amide bonds. The van der Waals surface area contributed by atoms with Gasteiger partial charge in [-0.25, -0.2) is 0 Å². The van der Waals surface area contributed by atoms with Crippen molar-refractivity contribution < 1.29 is 5.11 Å². The minimum Gasteiger partial charge on any atom is -0.508 e. The van der Waals surface area contributed by atoms with E-state index >= 15 is 0 Å². The second-order valence-corrected chi connectivity index (χ2v) is 4.89. The average molecular weight is 222 g/mol. The lowest BCUT2D eigenvalue weighted by Gasteiger charge is -2.03. The molecule has 16 heavy (non-hydrogen) atoms. The number of allylic oxidation sites excluding steroid dienone is 4. The van der Waals surface area contributed by atoms with E-state index in [1.807, 2.05) is 13.0 Å². The third-order valence-corrected chi connectivity index (χ3v) is 2.68. The van der Waals surface area contributed by atoms with Gasteiger partial charge < -0.3 is 5.11 Å². The summed E-state index contributed by atoms with van der Waals surface area (Å²) in [7, 11) is 0. The molecule has 0 aliphatic heterocycles. The average Bonchev–Trinajstić information content (AvgIpc) is 2.16. The van der Waals surface area contributed by atoms with Crippen molar-refractivity contribution in [3.63, 3.8) is 0 Å². The highest BCUT2D eigenvalue weighted by atomic mass is 16.3. The number of aliphatic hydroxyl groups is 1. The molecule has 0 aromatic heterocycles. The number of rotatable bonds is 7. The quantitative estimate of drug-likeness (QED) is 0.358. The molecule has 0 bridgehead atoms. The normalized spacial score (nSPS) is 13.3. The van der Waals surface area contributed by atoms with E-state index in [9.17, 15) is 0 Å². The van der Waals surface area contributed by atoms with Gasteiger partial charge in [0.1, 0.15) is 5.76 Å². The second-order valence-electron chi connectivity index (χ2n) is 4.89. The molecule has 0 aromatic carbocycles. The summed E-state index contributed by atoms with van der Waals surface area (Å²) in [5, 5.41) is 9.11. The Kier molecular flexibility index (Phi) is 7.70. The summed E-state index contributed by atoms with van der Waals surface area (Å²) in [5.41, 5.74) is 2.32. The zero-order valence-electron chi connectivity index (χ0n) is 11.2. The summed E-state index contributed by atoms with van der Waals surface area (Å²) in [6, 6.07) is 0. The van der Waals surface area contributed by atoms with Gasteiger partial charge in [-0.05, 0) is 51.0 Å². The van der Waals surface area contributed by atoms with E-state index < -0.39 is 0 Å². The SMILES string of the molecule is C=C(O)/C(C)=C/CC/C(C)=C/CCC(C)C. The summed E-state index contributed by atoms with van der Waals surface area (Å²) in [6.07, 6.45) is 8.87. The highest BCUT2D eigenvalue weighted by molar-refractivity contribution is 5.19. The van der Waals surface area contributed by atoms with E-state index in [1.165, 1.54) is 18.4 Å². The smallest absolute Gasteiger partial charge is 0.110 e. The Hall–Kier alpha value is -0.980. The van der Waals surface area contributed by atoms with Gasteiger partial charge in [0.2, 0.25) is 0 Å². The van der Waals surface area contributed by atoms with Crippen LogP contribution in [0.3, 0.4) is 0 Å². The number of hydrogen-bond acceptors (Lipinski definition) is 1. The number of aliphatic hydroxyl groups excluding tert-OH is 1. The van der Waals surface area contributed by atoms with Crippen molar-refractivity contribution in [1.82, 2.24) is 0 Å². The predicted octanol–water partition coefficient (Wildman–Crippen LogP) is 5.17. The highest BCUT2D eigenvalue weighted by Gasteiger charge is 1.94. The van der Waals surface area contributed by atoms with Crippen LogP contribution in [0.5, 0.6) is 0 Å². The van der Waals surface area contributed by atoms with E-state index in [1.54, 1.807) is 0 Å². The molecule has 92 valence electrons. The molecular weight excluding hydrogens is 196 g/mol. The summed E-state index contributed by atoms with van der Waals surface area (Å²) in [4.78, 5) is 0. The molecule has 0 unspecified atom stereocenters. The van der Waals surface area contributed by atoms with Crippen molar-refractivity contribution in [1.29, 1.82) is 0 Å². The lowest BCUT2D eigenvalue weighted by Crippen LogP contribution is -1.86. The van der Waals surface area contributed by atoms with Crippen LogP contribution >= 0.6 is 0 Å². The maximum atomic E-state index is 9.11. The van der Waals surface area contributed by atoms with Crippen LogP contribution in [-0.2, 0) is 0 Å². The standard InChI is InChI=1S/C15H26O/c1-12(2)8-6-9-13(3)10-7-11-14(4)15(5)16/h9,11-12,16H,5-8,10H2,1-4H3/b13-9+,14-11+. The van der Waals surface area contributed by atoms with Gasteiger partial charge in [0, 0.05) is 0 Å². The molecule has 0 radical (unpaired) electrons. The van der Waals surface area contributed by atoms with Gasteiger partial charge in [0.25, 0.3) is 0 Å². The van der Waals surface area contributed by atoms with Crippen molar-refractivity contribution in [2.75, 3.05) is 0 Å². The molecule has 0 aliphatic rings. The molecule has 1 N–H and O–H groups in total. The molecule has 0 rings (SSSR count). The minimum absolute atomic E-state index is 0.182. The molecule has 0 heterocycles. The largest absolute Gasteiger partial charge is 0.508 e. The monoisotopic (exact) mass is 222 g/mol. The zero-order chi connectivity index (χ0) is 12.6. The van der Waals surface area contributed by atoms with Crippen LogP contribution in [0, 0.1) is 5.92 Å². The zero-order valence-corrected chi connectivity index (χ0v) is 11.2. The van der Waals surface area contributed by atoms with Crippen LogP contribution in [0.15, 0.2) is 35.6 Å². The fourth-order valence-electron chi connectivity index (χ4n) is 1.40. The molecule has 0 saturated heterocycles. The Morgan fingerprint density at radius 1 is 1.19 bits per heavy atom. The molecule has 0 atom stereocenters. The summed E-state index contributed by atoms with van der Waals surface area (Å²) < 4.78 is 0. The molecule has 0 fully saturated rings. The van der Waals surface area contributed by atoms with Crippen LogP contribution < -0.4 is 0 Å². The van der Waals surface area contributed by atoms with Gasteiger partial charge in [0.05, 0.1) is 0 Å². The summed E-state index contributed by atoms with van der Waals surface area (Å²) in [6.45, 7) is 12.1. The van der Waals surface area contributed by atoms with Crippen LogP contribution in [-0.4, -0.2) is 5.11 Å². The maximum absolute atomic E-state index is 9.11. The second kappa shape index (κ2) is 8.20. The summed E-state index contributed by atoms with van der Waals surface area (Å²) >= 11 is 0. The van der Waals surface area contributed by atoms with E-state index in [-0.39, 0.29) is 5.76 Å². The maximum Gasteiger partial charge on any atom is 0.110 e. The van der Waals surface area contributed by atoms with Gasteiger partial charge >= 0.3 is 0 Å². The first-order valence-corrected chi connectivity index (χ1v) is 6.14. The van der Waals surface area contributed by atoms with Gasteiger partial charge in [-0.1, -0.05) is 38.2 Å². The van der Waals surface area contributed by atoms with Crippen molar-refractivity contribution in [2.45, 2.75) is 53.4 Å². The van der Waals surface area contributed by atoms with Crippen molar-refractivity contribution in [3.05, 3.63) is 35.6 Å². The highest BCUT2D eigenvalue weighted by Crippen LogP contribution is 2.12. The van der Waals surface area contributed by atoms with Crippen molar-refractivity contribution >= 4 is 0 Å². The first-order chi connectivity index (χ1) is 7.43. The van der Waals surface area contributed by atoms with E-state index in [0.717, 1.165) is 24.3 Å². The topological polar surface area (TPSA) is 20.2 Å². The Balaban J connectivity index is 3.84. The van der Waals surface area contributed by atoms with Crippen LogP contribution in [0.1, 0.15) is 53.4 Å². The summed E-state index contributed by atoms with van der Waals surface area (Å²) in [5.74, 6) is 0.963. The minimum atomic E-state index is 0.182. The molecular formula is C15H26O. The van der Waals surface area contributed by atoms with Gasteiger partial charge in [-0.3, -0.25) is 0 Å². The van der Waals surface area contributed by atoms with Crippen LogP contribution in [0.25, 0.3) is 0 Å². The van der Waals surface area contributed by atoms with E-state index in [2.05, 4.69) is 33.4 Å². The lowest BCUT2D eigenvalue weighted by molar-refractivity contribution is 0.426. The number of hydrogen-bond donors (Lipinski definition) is 1. The van der Waals surface area contributed by atoms with Gasteiger partial charge in [-0.2, -0.15) is 0 Å². The molecule has 1 heteroatoms. The van der Waals surface area contributed by atoms with Gasteiger partial charge in [-0.15, -0.1) is 0 Å². The fourth-order valence-corrected chi connectivity index (χ4v) is 1.40. The first kappa shape index (κ1) is 15.0. The Morgan fingerprint density at radius 3 is 2.31 bits per heavy atom. The molecule has 0 aliphatic carbocycles. The molecule has 0 saturated carbocycles. The fraction of sp³-hybridized carbons (Fsp3) is 0.600. The molecule has 0 aromatic rings. The third kappa shape index (κ3) is 8.34. The predicted molar refractivity (Wildman–Crippen MR) is 72.6 cm³/mol. The van der Waals surface area contributed by atoms with E-state index in [0.29, 0.717) is 0 Å². The first-order valence-electron chi connectivity index (χ1n) is 6.14. The van der Waals surface area contributed by atoms with Crippen molar-refractivity contribution in [3.8, 4) is 0 Å². The van der Waals surface area contributed by atoms with E-state index in [4.69, 9.17) is 5.11 Å². The van der Waals surface area contributed by atoms with Crippen molar-refractivity contribution in [2.24, 2.45) is 5.92 Å². The van der Waals surface area contributed by atoms with Gasteiger partial charge in [0.15, 0.2) is 0 Å². The van der Waals surface area contributed by atoms with Crippen LogP contribution in [0.4, 0.5) is 0 Å². The Bertz CT molecular complexity index is 269.